The van der Waals surface area contributed by atoms with Crippen molar-refractivity contribution in [1.29, 1.82) is 0 Å². The van der Waals surface area contributed by atoms with Crippen molar-refractivity contribution in [2.75, 3.05) is 6.61 Å². The normalized spacial score (nSPS) is 11.8. The molecule has 0 rings (SSSR count). The average molecular weight is 187 g/mol. The molecule has 0 saturated heterocycles. The lowest BCUT2D eigenvalue weighted by atomic mass is 9.95. The van der Waals surface area contributed by atoms with Crippen LogP contribution in [0.2, 0.25) is 0 Å². The molecule has 0 unspecified atom stereocenters. The Morgan fingerprint density at radius 1 is 1.38 bits per heavy atom. The third-order valence-electron chi connectivity index (χ3n) is 2.22. The van der Waals surface area contributed by atoms with Crippen molar-refractivity contribution in [3.05, 3.63) is 0 Å². The van der Waals surface area contributed by atoms with Crippen LogP contribution in [0.3, 0.4) is 0 Å². The van der Waals surface area contributed by atoms with Crippen molar-refractivity contribution in [3.63, 3.8) is 0 Å². The molecule has 0 aromatic carbocycles. The van der Waals surface area contributed by atoms with Crippen LogP contribution < -0.4 is 5.73 Å². The van der Waals surface area contributed by atoms with Crippen molar-refractivity contribution < 1.29 is 9.53 Å². The fourth-order valence-electron chi connectivity index (χ4n) is 0.925. The van der Waals surface area contributed by atoms with Crippen LogP contribution in [0.25, 0.3) is 0 Å². The van der Waals surface area contributed by atoms with Gasteiger partial charge in [0.15, 0.2) is 0 Å². The standard InChI is InChI=1S/C10H21NO2/c1-5-10(11,6-2)9(12)13-7-8(3)4/h8H,5-7,11H2,1-4H3. The smallest absolute Gasteiger partial charge is 0.326 e. The number of carbonyl (C=O) groups excluding carboxylic acids is 1. The SMILES string of the molecule is CCC(N)(CC)C(=O)OCC(C)C. The first-order chi connectivity index (χ1) is 5.96. The van der Waals surface area contributed by atoms with E-state index in [2.05, 4.69) is 0 Å². The highest BCUT2D eigenvalue weighted by molar-refractivity contribution is 5.80. The van der Waals surface area contributed by atoms with Crippen molar-refractivity contribution in [3.8, 4) is 0 Å². The Labute approximate surface area is 80.6 Å². The molecule has 0 aliphatic carbocycles. The zero-order chi connectivity index (χ0) is 10.5. The van der Waals surface area contributed by atoms with E-state index in [1.165, 1.54) is 0 Å². The van der Waals surface area contributed by atoms with Crippen LogP contribution in [0.1, 0.15) is 40.5 Å². The van der Waals surface area contributed by atoms with Gasteiger partial charge in [0.1, 0.15) is 5.54 Å². The van der Waals surface area contributed by atoms with Crippen LogP contribution in [0, 0.1) is 5.92 Å². The second kappa shape index (κ2) is 5.22. The fraction of sp³-hybridized carbons (Fsp3) is 0.900. The first kappa shape index (κ1) is 12.4. The second-order valence-electron chi connectivity index (χ2n) is 3.86. The summed E-state index contributed by atoms with van der Waals surface area (Å²) in [5.74, 6) is 0.0908. The average Bonchev–Trinajstić information content (AvgIpc) is 2.12. The summed E-state index contributed by atoms with van der Waals surface area (Å²) in [6.07, 6.45) is 1.25. The summed E-state index contributed by atoms with van der Waals surface area (Å²) in [4.78, 5) is 11.5. The van der Waals surface area contributed by atoms with E-state index in [-0.39, 0.29) is 5.97 Å². The van der Waals surface area contributed by atoms with Crippen molar-refractivity contribution in [2.24, 2.45) is 11.7 Å². The van der Waals surface area contributed by atoms with Gasteiger partial charge in [0.25, 0.3) is 0 Å². The maximum Gasteiger partial charge on any atom is 0.326 e. The Bertz CT molecular complexity index is 162. The number of ether oxygens (including phenoxy) is 1. The maximum atomic E-state index is 11.5. The van der Waals surface area contributed by atoms with Crippen LogP contribution >= 0.6 is 0 Å². The summed E-state index contributed by atoms with van der Waals surface area (Å²) < 4.78 is 5.09. The molecule has 2 N–H and O–H groups in total. The van der Waals surface area contributed by atoms with Crippen LogP contribution in [0.5, 0.6) is 0 Å². The van der Waals surface area contributed by atoms with E-state index in [1.54, 1.807) is 0 Å². The molecule has 0 aromatic heterocycles. The number of hydrogen-bond acceptors (Lipinski definition) is 3. The highest BCUT2D eigenvalue weighted by atomic mass is 16.5. The molecule has 0 aliphatic heterocycles. The van der Waals surface area contributed by atoms with Crippen molar-refractivity contribution >= 4 is 5.97 Å². The first-order valence-corrected chi connectivity index (χ1v) is 4.92. The van der Waals surface area contributed by atoms with Gasteiger partial charge < -0.3 is 10.5 Å². The van der Waals surface area contributed by atoms with Crippen molar-refractivity contribution in [1.82, 2.24) is 0 Å². The molecule has 3 heteroatoms. The van der Waals surface area contributed by atoms with E-state index in [9.17, 15) is 4.79 Å². The van der Waals surface area contributed by atoms with E-state index in [1.807, 2.05) is 27.7 Å². The van der Waals surface area contributed by atoms with E-state index >= 15 is 0 Å². The molecular formula is C10H21NO2. The highest BCUT2D eigenvalue weighted by Crippen LogP contribution is 2.13. The van der Waals surface area contributed by atoms with Gasteiger partial charge >= 0.3 is 5.97 Å². The quantitative estimate of drug-likeness (QED) is 0.666. The summed E-state index contributed by atoms with van der Waals surface area (Å²) in [6, 6.07) is 0. The summed E-state index contributed by atoms with van der Waals surface area (Å²) >= 11 is 0. The Kier molecular flexibility index (Phi) is 4.99. The van der Waals surface area contributed by atoms with Gasteiger partial charge in [0, 0.05) is 0 Å². The van der Waals surface area contributed by atoms with Crippen LogP contribution in [-0.2, 0) is 9.53 Å². The summed E-state index contributed by atoms with van der Waals surface area (Å²) in [7, 11) is 0. The van der Waals surface area contributed by atoms with Crippen LogP contribution in [-0.4, -0.2) is 18.1 Å². The number of hydrogen-bond donors (Lipinski definition) is 1. The fourth-order valence-corrected chi connectivity index (χ4v) is 0.925. The molecule has 0 aliphatic rings. The molecule has 0 spiro atoms. The maximum absolute atomic E-state index is 11.5. The predicted molar refractivity (Wildman–Crippen MR) is 53.3 cm³/mol. The van der Waals surface area contributed by atoms with Crippen LogP contribution in [0.15, 0.2) is 0 Å². The zero-order valence-corrected chi connectivity index (χ0v) is 9.09. The number of nitrogens with two attached hydrogens (primary N) is 1. The third-order valence-corrected chi connectivity index (χ3v) is 2.22. The van der Waals surface area contributed by atoms with Gasteiger partial charge in [-0.3, -0.25) is 4.79 Å². The van der Waals surface area contributed by atoms with E-state index in [0.717, 1.165) is 0 Å². The van der Waals surface area contributed by atoms with Gasteiger partial charge in [-0.2, -0.15) is 0 Å². The summed E-state index contributed by atoms with van der Waals surface area (Å²) in [5.41, 5.74) is 5.07. The molecule has 3 nitrogen and oxygen atoms in total. The largest absolute Gasteiger partial charge is 0.464 e. The molecule has 0 radical (unpaired) electrons. The van der Waals surface area contributed by atoms with Gasteiger partial charge in [-0.25, -0.2) is 0 Å². The lowest BCUT2D eigenvalue weighted by Crippen LogP contribution is -2.48. The monoisotopic (exact) mass is 187 g/mol. The molecule has 0 heterocycles. The molecule has 0 bridgehead atoms. The highest BCUT2D eigenvalue weighted by Gasteiger charge is 2.31. The van der Waals surface area contributed by atoms with E-state index < -0.39 is 5.54 Å². The minimum Gasteiger partial charge on any atom is -0.464 e. The second-order valence-corrected chi connectivity index (χ2v) is 3.86. The molecule has 0 atom stereocenters. The van der Waals surface area contributed by atoms with Gasteiger partial charge in [-0.05, 0) is 18.8 Å². The summed E-state index contributed by atoms with van der Waals surface area (Å²) in [5, 5.41) is 0. The van der Waals surface area contributed by atoms with E-state index in [0.29, 0.717) is 25.4 Å². The Morgan fingerprint density at radius 2 is 1.85 bits per heavy atom. The van der Waals surface area contributed by atoms with Gasteiger partial charge in [0.2, 0.25) is 0 Å². The van der Waals surface area contributed by atoms with Gasteiger partial charge in [-0.15, -0.1) is 0 Å². The molecule has 0 aromatic rings. The summed E-state index contributed by atoms with van der Waals surface area (Å²) in [6.45, 7) is 8.27. The predicted octanol–water partition coefficient (Wildman–Crippen LogP) is 1.70. The number of rotatable bonds is 5. The van der Waals surface area contributed by atoms with Gasteiger partial charge in [-0.1, -0.05) is 27.7 Å². The molecule has 78 valence electrons. The van der Waals surface area contributed by atoms with E-state index in [4.69, 9.17) is 10.5 Å². The van der Waals surface area contributed by atoms with Crippen LogP contribution in [0.4, 0.5) is 0 Å². The molecule has 0 saturated carbocycles. The minimum atomic E-state index is -0.783. The first-order valence-electron chi connectivity index (χ1n) is 4.92. The number of carbonyl (C=O) groups is 1. The third kappa shape index (κ3) is 3.77. The Hall–Kier alpha value is -0.570. The molecule has 13 heavy (non-hydrogen) atoms. The topological polar surface area (TPSA) is 52.3 Å². The Balaban J connectivity index is 4.07. The Morgan fingerprint density at radius 3 is 2.15 bits per heavy atom. The molecular weight excluding hydrogens is 166 g/mol. The lowest BCUT2D eigenvalue weighted by Gasteiger charge is -2.24. The minimum absolute atomic E-state index is 0.272. The lowest BCUT2D eigenvalue weighted by molar-refractivity contribution is -0.151. The van der Waals surface area contributed by atoms with Gasteiger partial charge in [0.05, 0.1) is 6.61 Å². The molecule has 0 fully saturated rings. The zero-order valence-electron chi connectivity index (χ0n) is 9.09. The molecule has 0 amide bonds. The van der Waals surface area contributed by atoms with Crippen molar-refractivity contribution in [2.45, 2.75) is 46.1 Å². The number of esters is 1.